The first-order valence-corrected chi connectivity index (χ1v) is 6.66. The average Bonchev–Trinajstić information content (AvgIpc) is 2.39. The molecule has 2 rings (SSSR count). The summed E-state index contributed by atoms with van der Waals surface area (Å²) in [5, 5.41) is 6.34. The van der Waals surface area contributed by atoms with Gasteiger partial charge in [-0.25, -0.2) is 0 Å². The molecule has 5 heteroatoms. The number of benzene rings is 1. The minimum atomic E-state index is -0.0380. The van der Waals surface area contributed by atoms with E-state index in [0.29, 0.717) is 11.3 Å². The van der Waals surface area contributed by atoms with E-state index in [1.807, 2.05) is 31.1 Å². The first-order chi connectivity index (χ1) is 9.08. The van der Waals surface area contributed by atoms with E-state index in [4.69, 9.17) is 5.73 Å². The smallest absolute Gasteiger partial charge is 0.251 e. The first kappa shape index (κ1) is 13.7. The van der Waals surface area contributed by atoms with Crippen LogP contribution in [0.15, 0.2) is 18.2 Å². The van der Waals surface area contributed by atoms with Gasteiger partial charge in [-0.3, -0.25) is 4.79 Å². The van der Waals surface area contributed by atoms with Crippen molar-refractivity contribution in [1.29, 1.82) is 0 Å². The van der Waals surface area contributed by atoms with Crippen LogP contribution in [-0.2, 0) is 0 Å². The van der Waals surface area contributed by atoms with E-state index in [2.05, 4.69) is 10.6 Å². The Balaban J connectivity index is 2.04. The second-order valence-electron chi connectivity index (χ2n) is 5.17. The zero-order valence-corrected chi connectivity index (χ0v) is 11.6. The van der Waals surface area contributed by atoms with Crippen LogP contribution in [-0.4, -0.2) is 39.1 Å². The molecule has 19 heavy (non-hydrogen) atoms. The molecule has 0 spiro atoms. The van der Waals surface area contributed by atoms with Crippen molar-refractivity contribution in [3.05, 3.63) is 23.8 Å². The van der Waals surface area contributed by atoms with Crippen LogP contribution in [0.5, 0.6) is 0 Å². The van der Waals surface area contributed by atoms with Crippen molar-refractivity contribution in [3.63, 3.8) is 0 Å². The third-order valence-corrected chi connectivity index (χ3v) is 3.45. The molecule has 1 heterocycles. The molecule has 0 unspecified atom stereocenters. The number of nitrogens with zero attached hydrogens (tertiary/aromatic N) is 1. The molecule has 1 aliphatic heterocycles. The maximum absolute atomic E-state index is 12.1. The highest BCUT2D eigenvalue weighted by atomic mass is 16.1. The van der Waals surface area contributed by atoms with Gasteiger partial charge in [-0.05, 0) is 44.1 Å². The molecule has 0 aliphatic carbocycles. The van der Waals surface area contributed by atoms with Gasteiger partial charge in [0.1, 0.15) is 0 Å². The van der Waals surface area contributed by atoms with Crippen molar-refractivity contribution in [2.75, 3.05) is 37.8 Å². The van der Waals surface area contributed by atoms with E-state index in [9.17, 15) is 4.79 Å². The van der Waals surface area contributed by atoms with Gasteiger partial charge in [-0.1, -0.05) is 0 Å². The van der Waals surface area contributed by atoms with Crippen LogP contribution in [0.25, 0.3) is 0 Å². The van der Waals surface area contributed by atoms with E-state index in [1.165, 1.54) is 0 Å². The molecule has 1 aliphatic rings. The lowest BCUT2D eigenvalue weighted by Gasteiger charge is -2.24. The number of amides is 1. The number of carbonyl (C=O) groups excluding carboxylic acids is 1. The molecule has 1 aromatic rings. The molecule has 1 aromatic carbocycles. The molecule has 1 amide bonds. The first-order valence-electron chi connectivity index (χ1n) is 6.66. The van der Waals surface area contributed by atoms with Gasteiger partial charge in [-0.15, -0.1) is 0 Å². The van der Waals surface area contributed by atoms with E-state index in [0.717, 1.165) is 31.6 Å². The van der Waals surface area contributed by atoms with Gasteiger partial charge < -0.3 is 21.3 Å². The predicted molar refractivity (Wildman–Crippen MR) is 78.5 cm³/mol. The van der Waals surface area contributed by atoms with Gasteiger partial charge in [0.25, 0.3) is 5.91 Å². The molecule has 4 N–H and O–H groups in total. The third kappa shape index (κ3) is 3.38. The number of rotatable bonds is 3. The number of nitrogens with two attached hydrogens (primary N) is 1. The molecule has 0 radical (unpaired) electrons. The molecule has 5 nitrogen and oxygen atoms in total. The Morgan fingerprint density at radius 2 is 2.05 bits per heavy atom. The fourth-order valence-electron chi connectivity index (χ4n) is 2.34. The average molecular weight is 262 g/mol. The lowest BCUT2D eigenvalue weighted by Crippen LogP contribution is -2.42. The Morgan fingerprint density at radius 3 is 2.63 bits per heavy atom. The van der Waals surface area contributed by atoms with E-state index >= 15 is 0 Å². The third-order valence-electron chi connectivity index (χ3n) is 3.45. The van der Waals surface area contributed by atoms with Gasteiger partial charge in [0, 0.05) is 25.7 Å². The lowest BCUT2D eigenvalue weighted by molar-refractivity contribution is 0.0929. The van der Waals surface area contributed by atoms with E-state index < -0.39 is 0 Å². The lowest BCUT2D eigenvalue weighted by atomic mass is 10.1. The van der Waals surface area contributed by atoms with Crippen LogP contribution in [0.1, 0.15) is 23.2 Å². The summed E-state index contributed by atoms with van der Waals surface area (Å²) in [6.07, 6.45) is 1.97. The molecule has 1 fully saturated rings. The van der Waals surface area contributed by atoms with E-state index in [-0.39, 0.29) is 11.9 Å². The quantitative estimate of drug-likeness (QED) is 0.705. The van der Waals surface area contributed by atoms with Crippen molar-refractivity contribution in [1.82, 2.24) is 10.6 Å². The standard InChI is InChI=1S/C14H22N4O/c1-18(2)13-4-3-10(9-12(13)15)14(19)17-11-5-7-16-8-6-11/h3-4,9,11,16H,5-8,15H2,1-2H3,(H,17,19). The Bertz CT molecular complexity index is 453. The maximum Gasteiger partial charge on any atom is 0.251 e. The minimum Gasteiger partial charge on any atom is -0.397 e. The Labute approximate surface area is 114 Å². The van der Waals surface area contributed by atoms with Crippen molar-refractivity contribution in [2.24, 2.45) is 0 Å². The number of nitrogen functional groups attached to an aromatic ring is 1. The van der Waals surface area contributed by atoms with E-state index in [1.54, 1.807) is 6.07 Å². The Hall–Kier alpha value is -1.75. The highest BCUT2D eigenvalue weighted by Gasteiger charge is 2.17. The van der Waals surface area contributed by atoms with Gasteiger partial charge >= 0.3 is 0 Å². The van der Waals surface area contributed by atoms with Gasteiger partial charge in [-0.2, -0.15) is 0 Å². The topological polar surface area (TPSA) is 70.4 Å². The molecule has 0 atom stereocenters. The summed E-state index contributed by atoms with van der Waals surface area (Å²) < 4.78 is 0. The SMILES string of the molecule is CN(C)c1ccc(C(=O)NC2CCNCC2)cc1N. The minimum absolute atomic E-state index is 0.0380. The molecule has 0 saturated carbocycles. The van der Waals surface area contributed by atoms with Gasteiger partial charge in [0.2, 0.25) is 0 Å². The largest absolute Gasteiger partial charge is 0.397 e. The van der Waals surface area contributed by atoms with Crippen molar-refractivity contribution >= 4 is 17.3 Å². The van der Waals surface area contributed by atoms with Crippen molar-refractivity contribution in [2.45, 2.75) is 18.9 Å². The molecule has 0 bridgehead atoms. The fourth-order valence-corrected chi connectivity index (χ4v) is 2.34. The molecule has 1 saturated heterocycles. The van der Waals surface area contributed by atoms with Crippen LogP contribution in [0.4, 0.5) is 11.4 Å². The molecular formula is C14H22N4O. The van der Waals surface area contributed by atoms with Crippen LogP contribution < -0.4 is 21.3 Å². The number of piperidine rings is 1. The number of carbonyl (C=O) groups is 1. The second kappa shape index (κ2) is 5.93. The Kier molecular flexibility index (Phi) is 4.27. The normalized spacial score (nSPS) is 16.1. The highest BCUT2D eigenvalue weighted by molar-refractivity contribution is 5.96. The zero-order valence-electron chi connectivity index (χ0n) is 11.6. The monoisotopic (exact) mass is 262 g/mol. The number of nitrogens with one attached hydrogen (secondary N) is 2. The number of hydrogen-bond donors (Lipinski definition) is 3. The summed E-state index contributed by atoms with van der Waals surface area (Å²) in [5.41, 5.74) is 8.14. The second-order valence-corrected chi connectivity index (χ2v) is 5.17. The summed E-state index contributed by atoms with van der Waals surface area (Å²) in [7, 11) is 3.86. The predicted octanol–water partition coefficient (Wildman–Crippen LogP) is 0.817. The van der Waals surface area contributed by atoms with Crippen molar-refractivity contribution < 1.29 is 4.79 Å². The highest BCUT2D eigenvalue weighted by Crippen LogP contribution is 2.22. The summed E-state index contributed by atoms with van der Waals surface area (Å²) >= 11 is 0. The number of anilines is 2. The summed E-state index contributed by atoms with van der Waals surface area (Å²) in [5.74, 6) is -0.0380. The number of hydrogen-bond acceptors (Lipinski definition) is 4. The maximum atomic E-state index is 12.1. The summed E-state index contributed by atoms with van der Waals surface area (Å²) in [6.45, 7) is 1.93. The van der Waals surface area contributed by atoms with Gasteiger partial charge in [0.15, 0.2) is 0 Å². The van der Waals surface area contributed by atoms with Crippen LogP contribution in [0, 0.1) is 0 Å². The summed E-state index contributed by atoms with van der Waals surface area (Å²) in [6, 6.07) is 5.71. The van der Waals surface area contributed by atoms with Crippen LogP contribution >= 0.6 is 0 Å². The van der Waals surface area contributed by atoms with Gasteiger partial charge in [0.05, 0.1) is 11.4 Å². The zero-order chi connectivity index (χ0) is 13.8. The van der Waals surface area contributed by atoms with Crippen LogP contribution in [0.3, 0.4) is 0 Å². The van der Waals surface area contributed by atoms with Crippen molar-refractivity contribution in [3.8, 4) is 0 Å². The molecule has 104 valence electrons. The molecular weight excluding hydrogens is 240 g/mol. The fraction of sp³-hybridized carbons (Fsp3) is 0.500. The summed E-state index contributed by atoms with van der Waals surface area (Å²) in [4.78, 5) is 14.1. The molecule has 0 aromatic heterocycles. The Morgan fingerprint density at radius 1 is 1.37 bits per heavy atom. The van der Waals surface area contributed by atoms with Crippen LogP contribution in [0.2, 0.25) is 0 Å².